The van der Waals surface area contributed by atoms with E-state index in [0.717, 1.165) is 31.6 Å². The summed E-state index contributed by atoms with van der Waals surface area (Å²) >= 11 is 0. The van der Waals surface area contributed by atoms with Gasteiger partial charge in [0.05, 0.1) is 4.90 Å². The third kappa shape index (κ3) is 4.26. The molecule has 6 heteroatoms. The third-order valence-corrected chi connectivity index (χ3v) is 5.53. The highest BCUT2D eigenvalue weighted by Crippen LogP contribution is 2.17. The molecule has 1 fully saturated rings. The van der Waals surface area contributed by atoms with Gasteiger partial charge in [-0.3, -0.25) is 0 Å². The molecule has 0 aromatic heterocycles. The Morgan fingerprint density at radius 3 is 2.57 bits per heavy atom. The van der Waals surface area contributed by atoms with Crippen molar-refractivity contribution >= 4 is 10.0 Å². The zero-order valence-corrected chi connectivity index (χ0v) is 13.6. The summed E-state index contributed by atoms with van der Waals surface area (Å²) in [5.41, 5.74) is 6.70. The van der Waals surface area contributed by atoms with Gasteiger partial charge in [-0.25, -0.2) is 13.1 Å². The molecule has 2 rings (SSSR count). The second-order valence-corrected chi connectivity index (χ2v) is 7.52. The number of sulfonamides is 1. The van der Waals surface area contributed by atoms with E-state index in [1.807, 2.05) is 6.92 Å². The molecule has 21 heavy (non-hydrogen) atoms. The van der Waals surface area contributed by atoms with E-state index < -0.39 is 10.0 Å². The summed E-state index contributed by atoms with van der Waals surface area (Å²) in [7, 11) is -3.42. The first-order valence-corrected chi connectivity index (χ1v) is 8.98. The monoisotopic (exact) mass is 311 g/mol. The second-order valence-electron chi connectivity index (χ2n) is 5.76. The van der Waals surface area contributed by atoms with Gasteiger partial charge in [0, 0.05) is 19.1 Å². The van der Waals surface area contributed by atoms with Crippen LogP contribution in [0.5, 0.6) is 0 Å². The topological polar surface area (TPSA) is 75.4 Å². The first-order valence-electron chi connectivity index (χ1n) is 7.50. The maximum Gasteiger partial charge on any atom is 0.240 e. The van der Waals surface area contributed by atoms with Crippen LogP contribution in [0.4, 0.5) is 0 Å². The first-order chi connectivity index (χ1) is 9.92. The fraction of sp³-hybridized carbons (Fsp3) is 0.600. The molecule has 1 saturated heterocycles. The third-order valence-electron chi connectivity index (χ3n) is 4.10. The highest BCUT2D eigenvalue weighted by atomic mass is 32.2. The molecular formula is C15H25N3O2S. The molecule has 1 aromatic carbocycles. The van der Waals surface area contributed by atoms with Gasteiger partial charge < -0.3 is 10.6 Å². The van der Waals surface area contributed by atoms with Gasteiger partial charge in [0.25, 0.3) is 0 Å². The summed E-state index contributed by atoms with van der Waals surface area (Å²) in [4.78, 5) is 2.65. The summed E-state index contributed by atoms with van der Waals surface area (Å²) in [6, 6.07) is 6.69. The van der Waals surface area contributed by atoms with Crippen LogP contribution in [0, 0.1) is 5.92 Å². The number of likely N-dealkylation sites (tertiary alicyclic amines) is 1. The Morgan fingerprint density at radius 1 is 1.38 bits per heavy atom. The maximum absolute atomic E-state index is 12.3. The van der Waals surface area contributed by atoms with Crippen LogP contribution in [0.2, 0.25) is 0 Å². The molecule has 5 nitrogen and oxygen atoms in total. The molecule has 0 amide bonds. The molecule has 118 valence electrons. The lowest BCUT2D eigenvalue weighted by Crippen LogP contribution is -2.31. The summed E-state index contributed by atoms with van der Waals surface area (Å²) in [6.45, 7) is 7.58. The Labute approximate surface area is 127 Å². The van der Waals surface area contributed by atoms with Crippen molar-refractivity contribution in [2.24, 2.45) is 11.7 Å². The van der Waals surface area contributed by atoms with Gasteiger partial charge in [0.15, 0.2) is 0 Å². The van der Waals surface area contributed by atoms with Gasteiger partial charge in [0.2, 0.25) is 10.0 Å². The lowest BCUT2D eigenvalue weighted by Gasteiger charge is -2.14. The molecule has 0 radical (unpaired) electrons. The Kier molecular flexibility index (Phi) is 5.37. The van der Waals surface area contributed by atoms with Crippen LogP contribution in [0.1, 0.15) is 31.9 Å². The molecular weight excluding hydrogens is 286 g/mol. The zero-order valence-electron chi connectivity index (χ0n) is 12.7. The van der Waals surface area contributed by atoms with Crippen molar-refractivity contribution in [3.05, 3.63) is 29.8 Å². The highest BCUT2D eigenvalue weighted by Gasteiger charge is 2.23. The Balaban J connectivity index is 1.95. The smallest absolute Gasteiger partial charge is 0.240 e. The van der Waals surface area contributed by atoms with E-state index in [1.54, 1.807) is 24.3 Å². The minimum atomic E-state index is -3.42. The van der Waals surface area contributed by atoms with Crippen molar-refractivity contribution in [3.63, 3.8) is 0 Å². The Hall–Kier alpha value is -0.950. The summed E-state index contributed by atoms with van der Waals surface area (Å²) in [5, 5.41) is 0. The van der Waals surface area contributed by atoms with Gasteiger partial charge in [-0.2, -0.15) is 0 Å². The van der Waals surface area contributed by atoms with Crippen molar-refractivity contribution in [2.45, 2.75) is 31.2 Å². The molecule has 0 bridgehead atoms. The van der Waals surface area contributed by atoms with Gasteiger partial charge in [-0.1, -0.05) is 19.1 Å². The number of hydrogen-bond donors (Lipinski definition) is 2. The lowest BCUT2D eigenvalue weighted by molar-refractivity contribution is 0.342. The average Bonchev–Trinajstić information content (AvgIpc) is 2.93. The highest BCUT2D eigenvalue weighted by molar-refractivity contribution is 7.89. The minimum absolute atomic E-state index is 0.0896. The van der Waals surface area contributed by atoms with Gasteiger partial charge in [-0.15, -0.1) is 0 Å². The van der Waals surface area contributed by atoms with Crippen LogP contribution < -0.4 is 10.5 Å². The number of nitrogens with zero attached hydrogens (tertiary/aromatic N) is 1. The first kappa shape index (κ1) is 16.4. The van der Waals surface area contributed by atoms with E-state index in [0.29, 0.717) is 17.4 Å². The molecule has 2 atom stereocenters. The van der Waals surface area contributed by atoms with Crippen molar-refractivity contribution in [1.82, 2.24) is 9.62 Å². The lowest BCUT2D eigenvalue weighted by atomic mass is 10.1. The fourth-order valence-electron chi connectivity index (χ4n) is 2.63. The molecule has 1 aromatic rings. The van der Waals surface area contributed by atoms with Crippen molar-refractivity contribution in [2.75, 3.05) is 26.2 Å². The average molecular weight is 311 g/mol. The molecule has 1 heterocycles. The normalized spacial score (nSPS) is 21.6. The Morgan fingerprint density at radius 2 is 2.05 bits per heavy atom. The van der Waals surface area contributed by atoms with Crippen molar-refractivity contribution < 1.29 is 8.42 Å². The minimum Gasteiger partial charge on any atom is -0.324 e. The fourth-order valence-corrected chi connectivity index (χ4v) is 3.74. The predicted octanol–water partition coefficient (Wildman–Crippen LogP) is 1.33. The molecule has 1 aliphatic rings. The van der Waals surface area contributed by atoms with Crippen LogP contribution in [-0.4, -0.2) is 39.5 Å². The van der Waals surface area contributed by atoms with E-state index in [4.69, 9.17) is 5.73 Å². The number of nitrogens with two attached hydrogens (primary N) is 1. The van der Waals surface area contributed by atoms with Crippen LogP contribution in [0.15, 0.2) is 29.2 Å². The van der Waals surface area contributed by atoms with E-state index in [2.05, 4.69) is 16.5 Å². The maximum atomic E-state index is 12.3. The Bertz CT molecular complexity index is 555. The van der Waals surface area contributed by atoms with E-state index in [1.165, 1.54) is 0 Å². The van der Waals surface area contributed by atoms with E-state index in [9.17, 15) is 8.42 Å². The second kappa shape index (κ2) is 6.87. The van der Waals surface area contributed by atoms with E-state index in [-0.39, 0.29) is 6.04 Å². The van der Waals surface area contributed by atoms with Crippen LogP contribution in [-0.2, 0) is 10.0 Å². The number of nitrogens with one attached hydrogen (secondary N) is 1. The summed E-state index contributed by atoms with van der Waals surface area (Å²) in [6.07, 6.45) is 1.06. The summed E-state index contributed by atoms with van der Waals surface area (Å²) in [5.74, 6) is 0.406. The van der Waals surface area contributed by atoms with Gasteiger partial charge >= 0.3 is 0 Å². The molecule has 0 saturated carbocycles. The zero-order chi connectivity index (χ0) is 15.5. The summed E-state index contributed by atoms with van der Waals surface area (Å²) < 4.78 is 27.3. The SMILES string of the molecule is CCN1CCC(CNS(=O)(=O)c2ccc(C(C)N)cc2)C1. The van der Waals surface area contributed by atoms with Crippen molar-refractivity contribution in [3.8, 4) is 0 Å². The molecule has 2 unspecified atom stereocenters. The van der Waals surface area contributed by atoms with Crippen LogP contribution in [0.3, 0.4) is 0 Å². The quantitative estimate of drug-likeness (QED) is 0.831. The number of benzene rings is 1. The molecule has 0 aliphatic carbocycles. The van der Waals surface area contributed by atoms with Gasteiger partial charge in [0.1, 0.15) is 0 Å². The largest absolute Gasteiger partial charge is 0.324 e. The van der Waals surface area contributed by atoms with Crippen molar-refractivity contribution in [1.29, 1.82) is 0 Å². The van der Waals surface area contributed by atoms with E-state index >= 15 is 0 Å². The van der Waals surface area contributed by atoms with Crippen LogP contribution in [0.25, 0.3) is 0 Å². The molecule has 3 N–H and O–H groups in total. The molecule has 0 spiro atoms. The predicted molar refractivity (Wildman–Crippen MR) is 84.5 cm³/mol. The number of hydrogen-bond acceptors (Lipinski definition) is 4. The molecule has 1 aliphatic heterocycles. The van der Waals surface area contributed by atoms with Crippen LogP contribution >= 0.6 is 0 Å². The standard InChI is InChI=1S/C15H25N3O2S/c1-3-18-9-8-13(11-18)10-17-21(19,20)15-6-4-14(5-7-15)12(2)16/h4-7,12-13,17H,3,8-11,16H2,1-2H3. The number of rotatable bonds is 6. The van der Waals surface area contributed by atoms with Gasteiger partial charge in [-0.05, 0) is 50.0 Å².